The highest BCUT2D eigenvalue weighted by atomic mass is 19.4. The maximum absolute atomic E-state index is 12.6. The molecule has 2 N–H and O–H groups in total. The molecular formula is C12H12F3N3. The molecule has 2 rings (SSSR count). The zero-order chi connectivity index (χ0) is 13.2. The Kier molecular flexibility index (Phi) is 3.27. The highest BCUT2D eigenvalue weighted by Gasteiger charge is 2.35. The van der Waals surface area contributed by atoms with E-state index in [4.69, 9.17) is 0 Å². The lowest BCUT2D eigenvalue weighted by molar-refractivity contribution is -0.141. The van der Waals surface area contributed by atoms with Crippen molar-refractivity contribution in [3.63, 3.8) is 0 Å². The van der Waals surface area contributed by atoms with E-state index in [1.807, 2.05) is 17.2 Å². The molecule has 3 nitrogen and oxygen atoms in total. The SMILES string of the molecule is CNc1ccc(Cc2cn[nH]c2C(F)(F)F)cc1. The fraction of sp³-hybridized carbons (Fsp3) is 0.250. The average Bonchev–Trinajstić information content (AvgIpc) is 2.78. The van der Waals surface area contributed by atoms with Crippen LogP contribution in [0, 0.1) is 0 Å². The number of aromatic nitrogens is 2. The summed E-state index contributed by atoms with van der Waals surface area (Å²) in [5, 5.41) is 8.41. The number of rotatable bonds is 3. The normalized spacial score (nSPS) is 11.6. The van der Waals surface area contributed by atoms with E-state index in [9.17, 15) is 13.2 Å². The monoisotopic (exact) mass is 255 g/mol. The topological polar surface area (TPSA) is 40.7 Å². The van der Waals surface area contributed by atoms with Crippen LogP contribution >= 0.6 is 0 Å². The number of aromatic amines is 1. The summed E-state index contributed by atoms with van der Waals surface area (Å²) in [6, 6.07) is 7.23. The predicted octanol–water partition coefficient (Wildman–Crippen LogP) is 3.06. The van der Waals surface area contributed by atoms with Gasteiger partial charge in [0, 0.05) is 24.7 Å². The fourth-order valence-corrected chi connectivity index (χ4v) is 1.70. The number of halogens is 3. The summed E-state index contributed by atoms with van der Waals surface area (Å²) < 4.78 is 37.9. The predicted molar refractivity (Wildman–Crippen MR) is 62.4 cm³/mol. The van der Waals surface area contributed by atoms with E-state index in [1.54, 1.807) is 19.2 Å². The van der Waals surface area contributed by atoms with E-state index in [-0.39, 0.29) is 12.0 Å². The Morgan fingerprint density at radius 3 is 2.44 bits per heavy atom. The second-order valence-electron chi connectivity index (χ2n) is 3.89. The van der Waals surface area contributed by atoms with Gasteiger partial charge in [0.2, 0.25) is 0 Å². The van der Waals surface area contributed by atoms with Gasteiger partial charge >= 0.3 is 6.18 Å². The number of hydrogen-bond acceptors (Lipinski definition) is 2. The molecule has 0 saturated carbocycles. The van der Waals surface area contributed by atoms with Crippen molar-refractivity contribution < 1.29 is 13.2 Å². The molecule has 0 spiro atoms. The van der Waals surface area contributed by atoms with Crippen molar-refractivity contribution >= 4 is 5.69 Å². The van der Waals surface area contributed by atoms with E-state index in [2.05, 4.69) is 10.4 Å². The quantitative estimate of drug-likeness (QED) is 0.885. The van der Waals surface area contributed by atoms with Crippen molar-refractivity contribution in [3.8, 4) is 0 Å². The number of anilines is 1. The van der Waals surface area contributed by atoms with Crippen LogP contribution in [0.3, 0.4) is 0 Å². The summed E-state index contributed by atoms with van der Waals surface area (Å²) in [5.74, 6) is 0. The van der Waals surface area contributed by atoms with Gasteiger partial charge in [-0.2, -0.15) is 18.3 Å². The summed E-state index contributed by atoms with van der Waals surface area (Å²) >= 11 is 0. The molecule has 0 aliphatic rings. The third-order valence-electron chi connectivity index (χ3n) is 2.64. The molecule has 0 atom stereocenters. The number of nitrogens with zero attached hydrogens (tertiary/aromatic N) is 1. The van der Waals surface area contributed by atoms with Gasteiger partial charge in [-0.05, 0) is 17.7 Å². The summed E-state index contributed by atoms with van der Waals surface area (Å²) in [6.45, 7) is 0. The summed E-state index contributed by atoms with van der Waals surface area (Å²) in [7, 11) is 1.78. The van der Waals surface area contributed by atoms with Crippen molar-refractivity contribution in [3.05, 3.63) is 47.3 Å². The first kappa shape index (κ1) is 12.5. The van der Waals surface area contributed by atoms with Crippen molar-refractivity contribution in [2.45, 2.75) is 12.6 Å². The lowest BCUT2D eigenvalue weighted by Gasteiger charge is -2.07. The van der Waals surface area contributed by atoms with Gasteiger partial charge in [0.05, 0.1) is 6.20 Å². The lowest BCUT2D eigenvalue weighted by atomic mass is 10.1. The van der Waals surface area contributed by atoms with E-state index in [1.165, 1.54) is 6.20 Å². The molecule has 0 fully saturated rings. The molecule has 1 aromatic heterocycles. The summed E-state index contributed by atoms with van der Waals surface area (Å²) in [6.07, 6.45) is -2.97. The van der Waals surface area contributed by atoms with Crippen LogP contribution < -0.4 is 5.32 Å². The van der Waals surface area contributed by atoms with Crippen LogP contribution in [0.1, 0.15) is 16.8 Å². The van der Waals surface area contributed by atoms with Gasteiger partial charge in [-0.15, -0.1) is 0 Å². The molecule has 0 aliphatic heterocycles. The molecular weight excluding hydrogens is 243 g/mol. The minimum atomic E-state index is -4.39. The van der Waals surface area contributed by atoms with Crippen LogP contribution in [0.2, 0.25) is 0 Å². The van der Waals surface area contributed by atoms with Crippen molar-refractivity contribution in [1.82, 2.24) is 10.2 Å². The van der Waals surface area contributed by atoms with Crippen LogP contribution in [0.5, 0.6) is 0 Å². The molecule has 1 heterocycles. The van der Waals surface area contributed by atoms with E-state index < -0.39 is 11.9 Å². The molecule has 0 radical (unpaired) electrons. The first-order valence-corrected chi connectivity index (χ1v) is 5.37. The summed E-state index contributed by atoms with van der Waals surface area (Å²) in [5.41, 5.74) is 1.10. The van der Waals surface area contributed by atoms with Crippen LogP contribution in [-0.2, 0) is 12.6 Å². The number of benzene rings is 1. The maximum Gasteiger partial charge on any atom is 0.433 e. The Hall–Kier alpha value is -1.98. The highest BCUT2D eigenvalue weighted by Crippen LogP contribution is 2.31. The fourth-order valence-electron chi connectivity index (χ4n) is 1.70. The minimum Gasteiger partial charge on any atom is -0.388 e. The van der Waals surface area contributed by atoms with Crippen LogP contribution in [0.15, 0.2) is 30.5 Å². The lowest BCUT2D eigenvalue weighted by Crippen LogP contribution is -2.09. The molecule has 0 bridgehead atoms. The minimum absolute atomic E-state index is 0.153. The number of H-pyrrole nitrogens is 1. The molecule has 0 unspecified atom stereocenters. The van der Waals surface area contributed by atoms with E-state index in [0.717, 1.165) is 11.3 Å². The molecule has 0 aliphatic carbocycles. The highest BCUT2D eigenvalue weighted by molar-refractivity contribution is 5.44. The Labute approximate surface area is 102 Å². The smallest absolute Gasteiger partial charge is 0.388 e. The second kappa shape index (κ2) is 4.72. The van der Waals surface area contributed by atoms with Crippen molar-refractivity contribution in [2.75, 3.05) is 12.4 Å². The molecule has 18 heavy (non-hydrogen) atoms. The van der Waals surface area contributed by atoms with Crippen LogP contribution in [0.4, 0.5) is 18.9 Å². The number of alkyl halides is 3. The van der Waals surface area contributed by atoms with Crippen LogP contribution in [-0.4, -0.2) is 17.2 Å². The number of hydrogen-bond donors (Lipinski definition) is 2. The first-order chi connectivity index (χ1) is 8.50. The van der Waals surface area contributed by atoms with Crippen molar-refractivity contribution in [2.24, 2.45) is 0 Å². The van der Waals surface area contributed by atoms with E-state index >= 15 is 0 Å². The zero-order valence-electron chi connectivity index (χ0n) is 9.67. The van der Waals surface area contributed by atoms with Crippen molar-refractivity contribution in [1.29, 1.82) is 0 Å². The Bertz CT molecular complexity index is 514. The summed E-state index contributed by atoms with van der Waals surface area (Å²) in [4.78, 5) is 0. The third kappa shape index (κ3) is 2.64. The van der Waals surface area contributed by atoms with Crippen LogP contribution in [0.25, 0.3) is 0 Å². The zero-order valence-corrected chi connectivity index (χ0v) is 9.67. The third-order valence-corrected chi connectivity index (χ3v) is 2.64. The Balaban J connectivity index is 2.21. The molecule has 96 valence electrons. The second-order valence-corrected chi connectivity index (χ2v) is 3.89. The first-order valence-electron chi connectivity index (χ1n) is 5.37. The van der Waals surface area contributed by atoms with Gasteiger partial charge in [-0.25, -0.2) is 0 Å². The van der Waals surface area contributed by atoms with Gasteiger partial charge in [0.15, 0.2) is 0 Å². The Morgan fingerprint density at radius 2 is 1.89 bits per heavy atom. The molecule has 0 amide bonds. The van der Waals surface area contributed by atoms with Gasteiger partial charge < -0.3 is 5.32 Å². The van der Waals surface area contributed by atoms with E-state index in [0.29, 0.717) is 0 Å². The maximum atomic E-state index is 12.6. The van der Waals surface area contributed by atoms with Gasteiger partial charge in [-0.3, -0.25) is 5.10 Å². The van der Waals surface area contributed by atoms with Gasteiger partial charge in [-0.1, -0.05) is 12.1 Å². The van der Waals surface area contributed by atoms with Gasteiger partial charge in [0.1, 0.15) is 5.69 Å². The number of nitrogens with one attached hydrogen (secondary N) is 2. The molecule has 1 aromatic carbocycles. The Morgan fingerprint density at radius 1 is 1.22 bits per heavy atom. The largest absolute Gasteiger partial charge is 0.433 e. The average molecular weight is 255 g/mol. The molecule has 0 saturated heterocycles. The van der Waals surface area contributed by atoms with Gasteiger partial charge in [0.25, 0.3) is 0 Å². The standard InChI is InChI=1S/C12H12F3N3/c1-16-10-4-2-8(3-5-10)6-9-7-17-18-11(9)12(13,14)15/h2-5,7,16H,6H2,1H3,(H,17,18). The molecule has 2 aromatic rings. The molecule has 6 heteroatoms.